The molecule has 0 radical (unpaired) electrons. The van der Waals surface area contributed by atoms with Crippen LogP contribution < -0.4 is 4.90 Å². The molecule has 0 aliphatic carbocycles. The Kier molecular flexibility index (Phi) is 4.43. The van der Waals surface area contributed by atoms with E-state index < -0.39 is 11.8 Å². The Balaban J connectivity index is 2.37. The Morgan fingerprint density at radius 1 is 1.32 bits per heavy atom. The van der Waals surface area contributed by atoms with Crippen LogP contribution in [0.2, 0.25) is 5.02 Å². The fourth-order valence-corrected chi connectivity index (χ4v) is 2.51. The molecule has 4 nitrogen and oxygen atoms in total. The summed E-state index contributed by atoms with van der Waals surface area (Å²) in [5.74, 6) is -1.52. The molecule has 19 heavy (non-hydrogen) atoms. The van der Waals surface area contributed by atoms with Crippen LogP contribution in [-0.4, -0.2) is 31.4 Å². The molecule has 102 valence electrons. The summed E-state index contributed by atoms with van der Waals surface area (Å²) in [5, 5.41) is 0.294. The highest BCUT2D eigenvalue weighted by Crippen LogP contribution is 2.30. The third kappa shape index (κ3) is 2.89. The summed E-state index contributed by atoms with van der Waals surface area (Å²) in [7, 11) is 0. The summed E-state index contributed by atoms with van der Waals surface area (Å²) >= 11 is 6.09. The molecule has 0 spiro atoms. The lowest BCUT2D eigenvalue weighted by Crippen LogP contribution is -2.24. The third-order valence-corrected chi connectivity index (χ3v) is 3.44. The minimum Gasteiger partial charge on any atom is -0.460 e. The van der Waals surface area contributed by atoms with Gasteiger partial charge in [-0.25, -0.2) is 4.79 Å². The summed E-state index contributed by atoms with van der Waals surface area (Å²) in [5.41, 5.74) is 0.979. The average molecular weight is 282 g/mol. The van der Waals surface area contributed by atoms with Gasteiger partial charge in [0, 0.05) is 18.8 Å². The zero-order chi connectivity index (χ0) is 13.8. The molecular formula is C14H16ClNO3. The number of hydrogen-bond acceptors (Lipinski definition) is 4. The molecule has 1 fully saturated rings. The van der Waals surface area contributed by atoms with E-state index in [0.29, 0.717) is 5.02 Å². The molecule has 1 heterocycles. The number of esters is 1. The lowest BCUT2D eigenvalue weighted by atomic mass is 10.1. The van der Waals surface area contributed by atoms with E-state index in [1.54, 1.807) is 19.1 Å². The van der Waals surface area contributed by atoms with Crippen LogP contribution in [0.15, 0.2) is 18.2 Å². The van der Waals surface area contributed by atoms with Gasteiger partial charge in [-0.2, -0.15) is 0 Å². The normalized spacial score (nSPS) is 14.5. The summed E-state index contributed by atoms with van der Waals surface area (Å²) in [6.45, 7) is 3.60. The van der Waals surface area contributed by atoms with Gasteiger partial charge >= 0.3 is 5.97 Å². The van der Waals surface area contributed by atoms with Gasteiger partial charge in [0.05, 0.1) is 17.2 Å². The van der Waals surface area contributed by atoms with E-state index >= 15 is 0 Å². The molecule has 1 saturated heterocycles. The number of benzene rings is 1. The number of rotatable bonds is 4. The lowest BCUT2D eigenvalue weighted by Gasteiger charge is -2.21. The summed E-state index contributed by atoms with van der Waals surface area (Å²) < 4.78 is 4.77. The van der Waals surface area contributed by atoms with Crippen molar-refractivity contribution in [3.63, 3.8) is 0 Å². The SMILES string of the molecule is CCOC(=O)C(=O)c1c(Cl)cccc1N1CCCC1. The molecule has 0 atom stereocenters. The van der Waals surface area contributed by atoms with Crippen molar-refractivity contribution >= 4 is 29.0 Å². The fourth-order valence-electron chi connectivity index (χ4n) is 2.26. The first-order valence-corrected chi connectivity index (χ1v) is 6.78. The number of nitrogens with zero attached hydrogens (tertiary/aromatic N) is 1. The zero-order valence-corrected chi connectivity index (χ0v) is 11.6. The van der Waals surface area contributed by atoms with Gasteiger partial charge in [0.2, 0.25) is 0 Å². The van der Waals surface area contributed by atoms with Crippen LogP contribution >= 0.6 is 11.6 Å². The maximum absolute atomic E-state index is 12.1. The molecule has 1 aromatic carbocycles. The van der Waals surface area contributed by atoms with Crippen LogP contribution in [0.3, 0.4) is 0 Å². The van der Waals surface area contributed by atoms with Crippen LogP contribution in [0.5, 0.6) is 0 Å². The molecule has 2 rings (SSSR count). The third-order valence-electron chi connectivity index (χ3n) is 3.13. The molecule has 0 bridgehead atoms. The van der Waals surface area contributed by atoms with Gasteiger partial charge in [-0.3, -0.25) is 4.79 Å². The predicted octanol–water partition coefficient (Wildman–Crippen LogP) is 2.69. The number of carbonyl (C=O) groups is 2. The highest BCUT2D eigenvalue weighted by molar-refractivity contribution is 6.46. The van der Waals surface area contributed by atoms with E-state index in [4.69, 9.17) is 16.3 Å². The van der Waals surface area contributed by atoms with E-state index in [9.17, 15) is 9.59 Å². The van der Waals surface area contributed by atoms with E-state index in [1.165, 1.54) is 0 Å². The minimum absolute atomic E-state index is 0.175. The summed E-state index contributed by atoms with van der Waals surface area (Å²) in [6, 6.07) is 5.23. The molecule has 0 saturated carbocycles. The predicted molar refractivity (Wildman–Crippen MR) is 73.9 cm³/mol. The quantitative estimate of drug-likeness (QED) is 0.484. The number of anilines is 1. The molecule has 1 aliphatic rings. The standard InChI is InChI=1S/C14H16ClNO3/c1-2-19-14(18)13(17)12-10(15)6-5-7-11(12)16-8-3-4-9-16/h5-7H,2-4,8-9H2,1H3. The molecular weight excluding hydrogens is 266 g/mol. The van der Waals surface area contributed by atoms with Gasteiger partial charge in [0.15, 0.2) is 0 Å². The van der Waals surface area contributed by atoms with Crippen LogP contribution in [0.4, 0.5) is 5.69 Å². The van der Waals surface area contributed by atoms with E-state index in [0.717, 1.165) is 31.6 Å². The van der Waals surface area contributed by atoms with Gasteiger partial charge < -0.3 is 9.64 Å². The van der Waals surface area contributed by atoms with E-state index in [-0.39, 0.29) is 12.2 Å². The number of ether oxygens (including phenoxy) is 1. The number of halogens is 1. The Bertz CT molecular complexity index is 495. The van der Waals surface area contributed by atoms with Crippen molar-refractivity contribution in [1.29, 1.82) is 0 Å². The van der Waals surface area contributed by atoms with Gasteiger partial charge in [-0.1, -0.05) is 17.7 Å². The van der Waals surface area contributed by atoms with Gasteiger partial charge in [0.25, 0.3) is 5.78 Å². The molecule has 5 heteroatoms. The van der Waals surface area contributed by atoms with Gasteiger partial charge in [-0.15, -0.1) is 0 Å². The van der Waals surface area contributed by atoms with E-state index in [2.05, 4.69) is 4.90 Å². The Hall–Kier alpha value is -1.55. The zero-order valence-electron chi connectivity index (χ0n) is 10.8. The van der Waals surface area contributed by atoms with Crippen molar-refractivity contribution in [2.75, 3.05) is 24.6 Å². The minimum atomic E-state index is -0.851. The maximum Gasteiger partial charge on any atom is 0.379 e. The van der Waals surface area contributed by atoms with Crippen LogP contribution in [0, 0.1) is 0 Å². The fraction of sp³-hybridized carbons (Fsp3) is 0.429. The number of Topliss-reactive ketones (excluding diaryl/α,β-unsaturated/α-hetero) is 1. The number of hydrogen-bond donors (Lipinski definition) is 0. The molecule has 0 amide bonds. The van der Waals surface area contributed by atoms with Crippen molar-refractivity contribution in [1.82, 2.24) is 0 Å². The van der Waals surface area contributed by atoms with Crippen LogP contribution in [0.25, 0.3) is 0 Å². The smallest absolute Gasteiger partial charge is 0.379 e. The largest absolute Gasteiger partial charge is 0.460 e. The molecule has 0 aromatic heterocycles. The summed E-state index contributed by atoms with van der Waals surface area (Å²) in [4.78, 5) is 25.8. The Labute approximate surface area is 117 Å². The first-order valence-electron chi connectivity index (χ1n) is 6.40. The maximum atomic E-state index is 12.1. The van der Waals surface area contributed by atoms with Crippen molar-refractivity contribution in [3.8, 4) is 0 Å². The van der Waals surface area contributed by atoms with Crippen LogP contribution in [-0.2, 0) is 9.53 Å². The second-order valence-corrected chi connectivity index (χ2v) is 4.78. The highest BCUT2D eigenvalue weighted by Gasteiger charge is 2.26. The van der Waals surface area contributed by atoms with Crippen molar-refractivity contribution in [2.45, 2.75) is 19.8 Å². The van der Waals surface area contributed by atoms with E-state index in [1.807, 2.05) is 6.07 Å². The summed E-state index contributed by atoms with van der Waals surface area (Å²) in [6.07, 6.45) is 2.17. The van der Waals surface area contributed by atoms with Gasteiger partial charge in [-0.05, 0) is 31.9 Å². The lowest BCUT2D eigenvalue weighted by molar-refractivity contribution is -0.137. The van der Waals surface area contributed by atoms with Crippen LogP contribution in [0.1, 0.15) is 30.1 Å². The second-order valence-electron chi connectivity index (χ2n) is 4.38. The van der Waals surface area contributed by atoms with Gasteiger partial charge in [0.1, 0.15) is 0 Å². The monoisotopic (exact) mass is 281 g/mol. The first-order chi connectivity index (χ1) is 9.15. The Morgan fingerprint density at radius 2 is 2.00 bits per heavy atom. The molecule has 1 aromatic rings. The number of carbonyl (C=O) groups excluding carboxylic acids is 2. The molecule has 1 aliphatic heterocycles. The Morgan fingerprint density at radius 3 is 2.63 bits per heavy atom. The van der Waals surface area contributed by atoms with Crippen molar-refractivity contribution in [3.05, 3.63) is 28.8 Å². The first kappa shape index (κ1) is 13.9. The van der Waals surface area contributed by atoms with Crippen molar-refractivity contribution < 1.29 is 14.3 Å². The second kappa shape index (κ2) is 6.06. The topological polar surface area (TPSA) is 46.6 Å². The number of ketones is 1. The van der Waals surface area contributed by atoms with Crippen molar-refractivity contribution in [2.24, 2.45) is 0 Å². The highest BCUT2D eigenvalue weighted by atomic mass is 35.5. The average Bonchev–Trinajstić information content (AvgIpc) is 2.91. The molecule has 0 unspecified atom stereocenters. The molecule has 0 N–H and O–H groups in total.